The number of hydrogen-bond acceptors (Lipinski definition) is 2. The van der Waals surface area contributed by atoms with E-state index in [2.05, 4.69) is 5.32 Å². The zero-order chi connectivity index (χ0) is 16.9. The van der Waals surface area contributed by atoms with E-state index in [0.29, 0.717) is 22.9 Å². The normalized spacial score (nSPS) is 11.9. The van der Waals surface area contributed by atoms with E-state index in [0.717, 1.165) is 10.8 Å². The highest BCUT2D eigenvalue weighted by molar-refractivity contribution is 6.30. The third-order valence-corrected chi connectivity index (χ3v) is 4.01. The van der Waals surface area contributed by atoms with Gasteiger partial charge in [-0.05, 0) is 36.1 Å². The minimum atomic E-state index is -0.574. The number of amides is 1. The third-order valence-electron chi connectivity index (χ3n) is 3.77. The van der Waals surface area contributed by atoms with E-state index >= 15 is 0 Å². The fraction of sp³-hybridized carbons (Fsp3) is 0.150. The van der Waals surface area contributed by atoms with Crippen LogP contribution in [0.2, 0.25) is 5.02 Å². The highest BCUT2D eigenvalue weighted by Gasteiger charge is 2.19. The van der Waals surface area contributed by atoms with E-state index in [1.807, 2.05) is 49.4 Å². The second-order valence-electron chi connectivity index (χ2n) is 5.49. The Morgan fingerprint density at radius 3 is 2.62 bits per heavy atom. The van der Waals surface area contributed by atoms with Crippen molar-refractivity contribution in [3.63, 3.8) is 0 Å². The Hall–Kier alpha value is -2.52. The van der Waals surface area contributed by atoms with Crippen LogP contribution in [-0.2, 0) is 4.79 Å². The molecule has 0 aliphatic rings. The molecule has 0 unspecified atom stereocenters. The van der Waals surface area contributed by atoms with Crippen LogP contribution in [0.5, 0.6) is 5.75 Å². The molecule has 3 aromatic carbocycles. The summed E-state index contributed by atoms with van der Waals surface area (Å²) in [5.74, 6) is 0.522. The SMILES string of the molecule is CC[C@@H](Oc1cccc2ccccc12)C(=O)Nc1cccc(Cl)c1. The highest BCUT2D eigenvalue weighted by atomic mass is 35.5. The number of carbonyl (C=O) groups excluding carboxylic acids is 1. The predicted octanol–water partition coefficient (Wildman–Crippen LogP) is 5.29. The molecule has 4 heteroatoms. The van der Waals surface area contributed by atoms with Gasteiger partial charge >= 0.3 is 0 Å². The van der Waals surface area contributed by atoms with Gasteiger partial charge in [0.1, 0.15) is 5.75 Å². The fourth-order valence-electron chi connectivity index (χ4n) is 2.56. The van der Waals surface area contributed by atoms with E-state index in [9.17, 15) is 4.79 Å². The molecule has 1 atom stereocenters. The lowest BCUT2D eigenvalue weighted by Gasteiger charge is -2.18. The van der Waals surface area contributed by atoms with Gasteiger partial charge < -0.3 is 10.1 Å². The standard InChI is InChI=1S/C20H18ClNO2/c1-2-18(20(23)22-16-10-6-9-15(21)13-16)24-19-12-5-8-14-7-3-4-11-17(14)19/h3-13,18H,2H2,1H3,(H,22,23)/t18-/m1/s1. The van der Waals surface area contributed by atoms with E-state index in [1.165, 1.54) is 0 Å². The van der Waals surface area contributed by atoms with Gasteiger partial charge in [-0.15, -0.1) is 0 Å². The second-order valence-corrected chi connectivity index (χ2v) is 5.93. The molecule has 0 heterocycles. The molecule has 3 aromatic rings. The average molecular weight is 340 g/mol. The molecule has 0 saturated heterocycles. The number of anilines is 1. The molecule has 0 radical (unpaired) electrons. The molecule has 1 amide bonds. The van der Waals surface area contributed by atoms with Crippen molar-refractivity contribution >= 4 is 34.0 Å². The second kappa shape index (κ2) is 7.37. The van der Waals surface area contributed by atoms with E-state index in [4.69, 9.17) is 16.3 Å². The van der Waals surface area contributed by atoms with Gasteiger partial charge in [-0.1, -0.05) is 61.0 Å². The highest BCUT2D eigenvalue weighted by Crippen LogP contribution is 2.27. The van der Waals surface area contributed by atoms with Gasteiger partial charge in [0.2, 0.25) is 0 Å². The monoisotopic (exact) mass is 339 g/mol. The molecule has 122 valence electrons. The van der Waals surface area contributed by atoms with Crippen molar-refractivity contribution in [2.75, 3.05) is 5.32 Å². The Labute approximate surface area is 146 Å². The summed E-state index contributed by atoms with van der Waals surface area (Å²) in [6, 6.07) is 20.9. The maximum Gasteiger partial charge on any atom is 0.265 e. The summed E-state index contributed by atoms with van der Waals surface area (Å²) < 4.78 is 6.00. The molecule has 0 bridgehead atoms. The molecule has 0 saturated carbocycles. The van der Waals surface area contributed by atoms with Crippen LogP contribution < -0.4 is 10.1 Å². The van der Waals surface area contributed by atoms with Crippen molar-refractivity contribution in [2.45, 2.75) is 19.4 Å². The summed E-state index contributed by atoms with van der Waals surface area (Å²) in [4.78, 5) is 12.5. The summed E-state index contributed by atoms with van der Waals surface area (Å²) in [7, 11) is 0. The smallest absolute Gasteiger partial charge is 0.265 e. The number of rotatable bonds is 5. The van der Waals surface area contributed by atoms with E-state index in [1.54, 1.807) is 24.3 Å². The topological polar surface area (TPSA) is 38.3 Å². The predicted molar refractivity (Wildman–Crippen MR) is 98.7 cm³/mol. The van der Waals surface area contributed by atoms with Crippen LogP contribution >= 0.6 is 11.6 Å². The molecule has 0 spiro atoms. The van der Waals surface area contributed by atoms with Gasteiger partial charge in [0, 0.05) is 16.1 Å². The van der Waals surface area contributed by atoms with Crippen molar-refractivity contribution in [3.8, 4) is 5.75 Å². The number of hydrogen-bond donors (Lipinski definition) is 1. The van der Waals surface area contributed by atoms with Gasteiger partial charge in [0.15, 0.2) is 6.10 Å². The van der Waals surface area contributed by atoms with Crippen LogP contribution in [-0.4, -0.2) is 12.0 Å². The molecular formula is C20H18ClNO2. The lowest BCUT2D eigenvalue weighted by molar-refractivity contribution is -0.122. The number of halogens is 1. The lowest BCUT2D eigenvalue weighted by Crippen LogP contribution is -2.32. The molecule has 3 rings (SSSR count). The quantitative estimate of drug-likeness (QED) is 0.686. The van der Waals surface area contributed by atoms with Gasteiger partial charge in [0.25, 0.3) is 5.91 Å². The number of benzene rings is 3. The fourth-order valence-corrected chi connectivity index (χ4v) is 2.75. The summed E-state index contributed by atoms with van der Waals surface area (Å²) in [5.41, 5.74) is 0.660. The molecule has 3 nitrogen and oxygen atoms in total. The van der Waals surface area contributed by atoms with Crippen LogP contribution in [0.25, 0.3) is 10.8 Å². The molecule has 1 N–H and O–H groups in total. The average Bonchev–Trinajstić information content (AvgIpc) is 2.59. The van der Waals surface area contributed by atoms with Crippen molar-refractivity contribution in [1.29, 1.82) is 0 Å². The zero-order valence-electron chi connectivity index (χ0n) is 13.3. The van der Waals surface area contributed by atoms with E-state index in [-0.39, 0.29) is 5.91 Å². The van der Waals surface area contributed by atoms with Crippen LogP contribution in [0.4, 0.5) is 5.69 Å². The minimum absolute atomic E-state index is 0.187. The summed E-state index contributed by atoms with van der Waals surface area (Å²) in [6.45, 7) is 1.92. The van der Waals surface area contributed by atoms with Gasteiger partial charge in [-0.2, -0.15) is 0 Å². The molecule has 24 heavy (non-hydrogen) atoms. The van der Waals surface area contributed by atoms with Crippen LogP contribution in [0.1, 0.15) is 13.3 Å². The lowest BCUT2D eigenvalue weighted by atomic mass is 10.1. The van der Waals surface area contributed by atoms with Crippen molar-refractivity contribution in [2.24, 2.45) is 0 Å². The third kappa shape index (κ3) is 3.69. The Bertz CT molecular complexity index is 858. The first-order chi connectivity index (χ1) is 11.7. The summed E-state index contributed by atoms with van der Waals surface area (Å²) in [6.07, 6.45) is -0.00917. The summed E-state index contributed by atoms with van der Waals surface area (Å²) >= 11 is 5.95. The van der Waals surface area contributed by atoms with Gasteiger partial charge in [0.05, 0.1) is 0 Å². The Kier molecular flexibility index (Phi) is 5.02. The van der Waals surface area contributed by atoms with Crippen molar-refractivity contribution in [1.82, 2.24) is 0 Å². The molecule has 0 aliphatic carbocycles. The number of ether oxygens (including phenoxy) is 1. The first kappa shape index (κ1) is 16.3. The van der Waals surface area contributed by atoms with Crippen molar-refractivity contribution in [3.05, 3.63) is 71.8 Å². The Morgan fingerprint density at radius 2 is 1.83 bits per heavy atom. The number of fused-ring (bicyclic) bond motifs is 1. The van der Waals surface area contributed by atoms with Crippen LogP contribution in [0.15, 0.2) is 66.7 Å². The minimum Gasteiger partial charge on any atom is -0.480 e. The molecular weight excluding hydrogens is 322 g/mol. The maximum absolute atomic E-state index is 12.5. The maximum atomic E-state index is 12.5. The van der Waals surface area contributed by atoms with E-state index < -0.39 is 6.10 Å². The zero-order valence-corrected chi connectivity index (χ0v) is 14.1. The number of nitrogens with one attached hydrogen (secondary N) is 1. The molecule has 0 fully saturated rings. The van der Waals surface area contributed by atoms with Gasteiger partial charge in [-0.3, -0.25) is 4.79 Å². The summed E-state index contributed by atoms with van der Waals surface area (Å²) in [5, 5.41) is 5.51. The Balaban J connectivity index is 1.79. The number of carbonyl (C=O) groups is 1. The Morgan fingerprint density at radius 1 is 1.08 bits per heavy atom. The molecule has 0 aliphatic heterocycles. The first-order valence-corrected chi connectivity index (χ1v) is 8.26. The first-order valence-electron chi connectivity index (χ1n) is 7.88. The van der Waals surface area contributed by atoms with Crippen molar-refractivity contribution < 1.29 is 9.53 Å². The molecule has 0 aromatic heterocycles. The van der Waals surface area contributed by atoms with Gasteiger partial charge in [-0.25, -0.2) is 0 Å². The van der Waals surface area contributed by atoms with Crippen LogP contribution in [0.3, 0.4) is 0 Å². The largest absolute Gasteiger partial charge is 0.480 e. The van der Waals surface area contributed by atoms with Crippen LogP contribution in [0, 0.1) is 0 Å².